The summed E-state index contributed by atoms with van der Waals surface area (Å²) in [5.74, 6) is 0.330. The zero-order valence-electron chi connectivity index (χ0n) is 44.9. The Morgan fingerprint density at radius 2 is 1.04 bits per heavy atom. The fourth-order valence-electron chi connectivity index (χ4n) is 10.6. The lowest BCUT2D eigenvalue weighted by atomic mass is 9.98. The minimum atomic E-state index is -3.95. The average Bonchev–Trinajstić information content (AvgIpc) is 3.85. The summed E-state index contributed by atoms with van der Waals surface area (Å²) in [5.41, 5.74) is 5.23. The summed E-state index contributed by atoms with van der Waals surface area (Å²) >= 11 is 1.79. The molecular formula is C61H64N8O8S3. The molecule has 0 spiro atoms. The van der Waals surface area contributed by atoms with E-state index < -0.39 is 20.0 Å². The molecule has 2 aliphatic rings. The van der Waals surface area contributed by atoms with Gasteiger partial charge in [-0.2, -0.15) is 0 Å². The maximum absolute atomic E-state index is 13.8. The Labute approximate surface area is 471 Å². The Kier molecular flexibility index (Phi) is 16.8. The van der Waals surface area contributed by atoms with Gasteiger partial charge in [-0.3, -0.25) is 38.8 Å². The zero-order valence-corrected chi connectivity index (χ0v) is 47.4. The number of fused-ring (bicyclic) bond motifs is 2. The number of phenols is 1. The van der Waals surface area contributed by atoms with E-state index in [1.54, 1.807) is 104 Å². The molecule has 16 nitrogen and oxygen atoms in total. The third kappa shape index (κ3) is 12.9. The smallest absolute Gasteiger partial charge is 0.264 e. The number of ether oxygens (including phenoxy) is 1. The summed E-state index contributed by atoms with van der Waals surface area (Å²) in [7, 11) is -6.30. The molecule has 19 heteroatoms. The maximum atomic E-state index is 13.8. The predicted molar refractivity (Wildman–Crippen MR) is 314 cm³/mol. The Bertz CT molecular complexity index is 3780. The Morgan fingerprint density at radius 1 is 0.562 bits per heavy atom. The molecule has 0 bridgehead atoms. The number of anilines is 2. The number of sulfonamides is 2. The van der Waals surface area contributed by atoms with E-state index in [4.69, 9.17) is 4.74 Å². The van der Waals surface area contributed by atoms with Crippen molar-refractivity contribution in [1.29, 1.82) is 0 Å². The number of carbonyl (C=O) groups is 2. The first-order chi connectivity index (χ1) is 38.5. The van der Waals surface area contributed by atoms with E-state index in [-0.39, 0.29) is 32.1 Å². The van der Waals surface area contributed by atoms with Crippen molar-refractivity contribution in [3.05, 3.63) is 186 Å². The number of thioether (sulfide) groups is 1. The Hall–Kier alpha value is -7.55. The van der Waals surface area contributed by atoms with E-state index in [2.05, 4.69) is 67.3 Å². The Balaban J connectivity index is 0.710. The quantitative estimate of drug-likeness (QED) is 0.0730. The first-order valence-corrected chi connectivity index (χ1v) is 30.4. The number of aromatic nitrogens is 2. The predicted octanol–water partition coefficient (Wildman–Crippen LogP) is 9.91. The van der Waals surface area contributed by atoms with Crippen LogP contribution in [0.3, 0.4) is 0 Å². The fraction of sp³-hybridized carbons (Fsp3) is 0.279. The van der Waals surface area contributed by atoms with Gasteiger partial charge in [0.25, 0.3) is 31.9 Å². The van der Waals surface area contributed by atoms with Crippen LogP contribution in [0.4, 0.5) is 11.4 Å². The lowest BCUT2D eigenvalue weighted by Gasteiger charge is -2.28. The number of hydrogen-bond donors (Lipinski definition) is 3. The lowest BCUT2D eigenvalue weighted by Crippen LogP contribution is -2.35. The minimum Gasteiger partial charge on any atom is -0.504 e. The molecule has 10 rings (SSSR count). The van der Waals surface area contributed by atoms with Crippen molar-refractivity contribution in [3.8, 4) is 11.5 Å². The molecule has 2 aromatic heterocycles. The normalized spacial score (nSPS) is 15.1. The second-order valence-corrected chi connectivity index (χ2v) is 25.8. The van der Waals surface area contributed by atoms with Crippen LogP contribution in [0.1, 0.15) is 64.1 Å². The van der Waals surface area contributed by atoms with Gasteiger partial charge >= 0.3 is 0 Å². The zero-order chi connectivity index (χ0) is 56.0. The van der Waals surface area contributed by atoms with Crippen molar-refractivity contribution in [1.82, 2.24) is 29.6 Å². The van der Waals surface area contributed by atoms with Gasteiger partial charge in [-0.1, -0.05) is 80.6 Å². The highest BCUT2D eigenvalue weighted by molar-refractivity contribution is 8.00. The summed E-state index contributed by atoms with van der Waals surface area (Å²) in [6.45, 7) is 10.6. The highest BCUT2D eigenvalue weighted by Crippen LogP contribution is 2.42. The van der Waals surface area contributed by atoms with Crippen molar-refractivity contribution >= 4 is 76.8 Å². The van der Waals surface area contributed by atoms with Gasteiger partial charge in [0, 0.05) is 126 Å². The molecule has 0 atom stereocenters. The van der Waals surface area contributed by atoms with Crippen LogP contribution in [0.15, 0.2) is 173 Å². The number of para-hydroxylation sites is 2. The molecule has 6 aromatic carbocycles. The highest BCUT2D eigenvalue weighted by atomic mass is 32.2. The molecule has 0 radical (unpaired) electrons. The van der Waals surface area contributed by atoms with E-state index >= 15 is 0 Å². The van der Waals surface area contributed by atoms with Crippen LogP contribution in [0, 0.1) is 0 Å². The molecule has 2 aliphatic heterocycles. The number of pyridine rings is 2. The van der Waals surface area contributed by atoms with Gasteiger partial charge in [0.15, 0.2) is 11.5 Å². The second kappa shape index (κ2) is 24.0. The van der Waals surface area contributed by atoms with Gasteiger partial charge in [-0.05, 0) is 109 Å². The summed E-state index contributed by atoms with van der Waals surface area (Å²) in [6.07, 6.45) is 5.29. The molecule has 80 heavy (non-hydrogen) atoms. The highest BCUT2D eigenvalue weighted by Gasteiger charge is 2.29. The van der Waals surface area contributed by atoms with Crippen molar-refractivity contribution in [2.24, 2.45) is 0 Å². The fourth-order valence-corrected chi connectivity index (χ4v) is 14.3. The minimum absolute atomic E-state index is 0.0743. The number of nitrogens with zero attached hydrogens (tertiary/aromatic N) is 6. The summed E-state index contributed by atoms with van der Waals surface area (Å²) in [4.78, 5) is 45.7. The summed E-state index contributed by atoms with van der Waals surface area (Å²) < 4.78 is 64.4. The Morgan fingerprint density at radius 3 is 1.55 bits per heavy atom. The van der Waals surface area contributed by atoms with E-state index in [1.165, 1.54) is 17.7 Å². The number of hydrogen-bond acceptors (Lipinski definition) is 13. The molecule has 8 aromatic rings. The molecule has 2 fully saturated rings. The van der Waals surface area contributed by atoms with E-state index in [1.807, 2.05) is 46.2 Å². The maximum Gasteiger partial charge on any atom is 0.264 e. The van der Waals surface area contributed by atoms with E-state index in [9.17, 15) is 31.5 Å². The van der Waals surface area contributed by atoms with E-state index in [0.29, 0.717) is 103 Å². The number of amides is 2. The van der Waals surface area contributed by atoms with Gasteiger partial charge in [0.2, 0.25) is 0 Å². The van der Waals surface area contributed by atoms with Crippen molar-refractivity contribution < 1.29 is 36.3 Å². The van der Waals surface area contributed by atoms with Crippen LogP contribution >= 0.6 is 11.8 Å². The van der Waals surface area contributed by atoms with Crippen molar-refractivity contribution in [2.45, 2.75) is 65.6 Å². The van der Waals surface area contributed by atoms with Gasteiger partial charge in [0.05, 0.1) is 18.1 Å². The number of benzene rings is 6. The second-order valence-electron chi connectivity index (χ2n) is 20.8. The van der Waals surface area contributed by atoms with Crippen LogP contribution in [0.5, 0.6) is 11.5 Å². The number of phenolic OH excluding ortho intramolecular Hbond substituents is 1. The van der Waals surface area contributed by atoms with Gasteiger partial charge in [-0.25, -0.2) is 16.8 Å². The van der Waals surface area contributed by atoms with E-state index in [0.717, 1.165) is 47.3 Å². The van der Waals surface area contributed by atoms with Gasteiger partial charge in [-0.15, -0.1) is 11.8 Å². The van der Waals surface area contributed by atoms with Crippen LogP contribution in [-0.2, 0) is 39.6 Å². The number of carbonyl (C=O) groups excluding carboxylic acids is 2. The summed E-state index contributed by atoms with van der Waals surface area (Å²) in [6, 6.07) is 42.7. The molecule has 4 heterocycles. The number of nitrogens with one attached hydrogen (secondary N) is 2. The number of rotatable bonds is 17. The molecule has 0 unspecified atom stereocenters. The van der Waals surface area contributed by atoms with Crippen LogP contribution in [0.2, 0.25) is 0 Å². The van der Waals surface area contributed by atoms with Gasteiger partial charge in [0.1, 0.15) is 9.79 Å². The number of aromatic hydroxyl groups is 1. The molecule has 3 N–H and O–H groups in total. The number of methoxy groups -OCH3 is 1. The first kappa shape index (κ1) is 55.8. The average molecular weight is 1130 g/mol. The summed E-state index contributed by atoms with van der Waals surface area (Å²) in [5, 5.41) is 13.1. The SMILES string of the molecule is COc1c(CC(C)(C)Sc2ccccc2CN2CCCN(C(=O)c3ccc(NS(=O)(=O)c4cccc5cccnc45)cc3)CC2)ccc(CN2CCCN(C(=O)c3ccc(NS(=O)(=O)c4cccc5cccnc45)cc3)CC2)c1O. The lowest BCUT2D eigenvalue weighted by molar-refractivity contribution is 0.0753. The largest absolute Gasteiger partial charge is 0.504 e. The van der Waals surface area contributed by atoms with Gasteiger partial charge < -0.3 is 19.6 Å². The standard InChI is InChI=1S/C61H64N8O8S3/c1-61(2,78-52-17-5-4-12-48(52)41-66-32-10-34-68(38-36-66)59(71)45-22-26-50(27-23-45)64-79(73,74)53-18-6-13-43-15-8-30-62-55(43)53)40-47-20-21-49(57(70)58(47)77-3)42-67-33-11-35-69(39-37-67)60(72)46-24-28-51(29-25-46)65-80(75,76)54-19-7-14-44-16-9-31-63-56(44)54/h4-9,12-31,64-65,70H,10-11,32-42H2,1-3H3. The third-order valence-corrected chi connectivity index (χ3v) is 18.7. The molecule has 0 aliphatic carbocycles. The molecule has 0 saturated carbocycles. The third-order valence-electron chi connectivity index (χ3n) is 14.6. The van der Waals surface area contributed by atoms with Crippen LogP contribution < -0.4 is 14.2 Å². The first-order valence-electron chi connectivity index (χ1n) is 26.7. The topological polar surface area (TPSA) is 195 Å². The molecular weight excluding hydrogens is 1070 g/mol. The molecule has 2 saturated heterocycles. The van der Waals surface area contributed by atoms with Crippen LogP contribution in [0.25, 0.3) is 21.8 Å². The molecule has 414 valence electrons. The van der Waals surface area contributed by atoms with Crippen molar-refractivity contribution in [2.75, 3.05) is 68.9 Å². The van der Waals surface area contributed by atoms with Crippen molar-refractivity contribution in [3.63, 3.8) is 0 Å². The monoisotopic (exact) mass is 1130 g/mol. The molecule has 2 amide bonds. The van der Waals surface area contributed by atoms with Crippen LogP contribution in [-0.4, -0.2) is 128 Å².